The highest BCUT2D eigenvalue weighted by atomic mass is 19.4. The number of alkyl halides is 3. The zero-order chi connectivity index (χ0) is 15.9. The first-order chi connectivity index (χ1) is 9.83. The Kier molecular flexibility index (Phi) is 6.90. The minimum atomic E-state index is -4.45. The molecule has 0 saturated carbocycles. The molecule has 1 aliphatic rings. The molecule has 0 aliphatic carbocycles. The summed E-state index contributed by atoms with van der Waals surface area (Å²) in [4.78, 5) is 23.8. The smallest absolute Gasteiger partial charge is 0.394 e. The standard InChI is InChI=1S/C12H19F3N2O4/c13-12(14,15)8-17-7-9(6-10(17)19)11(20)16-2-1-4-21-5-3-18/h9,18H,1-8H2,(H,16,20). The van der Waals surface area contributed by atoms with E-state index in [1.54, 1.807) is 0 Å². The molecule has 2 amide bonds. The van der Waals surface area contributed by atoms with Gasteiger partial charge in [-0.2, -0.15) is 13.2 Å². The molecule has 0 bridgehead atoms. The van der Waals surface area contributed by atoms with Crippen molar-refractivity contribution in [2.45, 2.75) is 19.0 Å². The van der Waals surface area contributed by atoms with Crippen LogP contribution in [0.5, 0.6) is 0 Å². The molecule has 1 aliphatic heterocycles. The molecule has 1 fully saturated rings. The average molecular weight is 312 g/mol. The van der Waals surface area contributed by atoms with Crippen molar-refractivity contribution in [3.8, 4) is 0 Å². The molecule has 0 aromatic heterocycles. The normalized spacial score (nSPS) is 19.1. The summed E-state index contributed by atoms with van der Waals surface area (Å²) in [6.07, 6.45) is -4.12. The molecule has 0 spiro atoms. The van der Waals surface area contributed by atoms with Gasteiger partial charge in [0.15, 0.2) is 0 Å². The second kappa shape index (κ2) is 8.18. The van der Waals surface area contributed by atoms with E-state index in [4.69, 9.17) is 9.84 Å². The largest absolute Gasteiger partial charge is 0.406 e. The third-order valence-corrected chi connectivity index (χ3v) is 2.96. The van der Waals surface area contributed by atoms with Crippen molar-refractivity contribution in [1.82, 2.24) is 10.2 Å². The second-order valence-electron chi connectivity index (χ2n) is 4.77. The quantitative estimate of drug-likeness (QED) is 0.614. The van der Waals surface area contributed by atoms with Crippen molar-refractivity contribution in [2.24, 2.45) is 5.92 Å². The summed E-state index contributed by atoms with van der Waals surface area (Å²) in [5.41, 5.74) is 0. The van der Waals surface area contributed by atoms with E-state index in [2.05, 4.69) is 5.32 Å². The van der Waals surface area contributed by atoms with Crippen LogP contribution >= 0.6 is 0 Å². The lowest BCUT2D eigenvalue weighted by molar-refractivity contribution is -0.157. The zero-order valence-electron chi connectivity index (χ0n) is 11.5. The molecule has 1 heterocycles. The number of halogens is 3. The van der Waals surface area contributed by atoms with Crippen molar-refractivity contribution in [3.05, 3.63) is 0 Å². The number of aliphatic hydroxyl groups excluding tert-OH is 1. The molecule has 1 rings (SSSR count). The lowest BCUT2D eigenvalue weighted by atomic mass is 10.1. The number of aliphatic hydroxyl groups is 1. The van der Waals surface area contributed by atoms with Crippen LogP contribution < -0.4 is 5.32 Å². The molecule has 1 unspecified atom stereocenters. The molecular formula is C12H19F3N2O4. The molecule has 122 valence electrons. The Labute approximate surface area is 120 Å². The molecular weight excluding hydrogens is 293 g/mol. The van der Waals surface area contributed by atoms with Crippen molar-refractivity contribution < 1.29 is 32.6 Å². The van der Waals surface area contributed by atoms with Crippen LogP contribution in [0.25, 0.3) is 0 Å². The van der Waals surface area contributed by atoms with E-state index >= 15 is 0 Å². The third-order valence-electron chi connectivity index (χ3n) is 2.96. The first-order valence-electron chi connectivity index (χ1n) is 6.64. The fourth-order valence-corrected chi connectivity index (χ4v) is 2.01. The van der Waals surface area contributed by atoms with Gasteiger partial charge in [0.1, 0.15) is 6.54 Å². The van der Waals surface area contributed by atoms with Crippen molar-refractivity contribution in [2.75, 3.05) is 39.5 Å². The topological polar surface area (TPSA) is 78.9 Å². The predicted molar refractivity (Wildman–Crippen MR) is 66.3 cm³/mol. The van der Waals surface area contributed by atoms with Crippen LogP contribution in [0, 0.1) is 5.92 Å². The number of ether oxygens (including phenoxy) is 1. The molecule has 1 saturated heterocycles. The van der Waals surface area contributed by atoms with E-state index in [0.717, 1.165) is 0 Å². The van der Waals surface area contributed by atoms with Crippen LogP contribution in [0.3, 0.4) is 0 Å². The Morgan fingerprint density at radius 2 is 2.14 bits per heavy atom. The lowest BCUT2D eigenvalue weighted by Gasteiger charge is -2.18. The maximum atomic E-state index is 12.2. The maximum absolute atomic E-state index is 12.2. The van der Waals surface area contributed by atoms with Crippen LogP contribution in [0.4, 0.5) is 13.2 Å². The van der Waals surface area contributed by atoms with Gasteiger partial charge in [0, 0.05) is 26.1 Å². The number of carbonyl (C=O) groups is 2. The van der Waals surface area contributed by atoms with Gasteiger partial charge in [-0.15, -0.1) is 0 Å². The van der Waals surface area contributed by atoms with Crippen molar-refractivity contribution in [3.63, 3.8) is 0 Å². The van der Waals surface area contributed by atoms with Crippen LogP contribution in [-0.2, 0) is 14.3 Å². The first-order valence-corrected chi connectivity index (χ1v) is 6.64. The predicted octanol–water partition coefficient (Wildman–Crippen LogP) is -0.0876. The van der Waals surface area contributed by atoms with Gasteiger partial charge in [0.2, 0.25) is 11.8 Å². The number of nitrogens with zero attached hydrogens (tertiary/aromatic N) is 1. The summed E-state index contributed by atoms with van der Waals surface area (Å²) >= 11 is 0. The summed E-state index contributed by atoms with van der Waals surface area (Å²) in [5, 5.41) is 11.0. The van der Waals surface area contributed by atoms with Crippen LogP contribution in [0.1, 0.15) is 12.8 Å². The van der Waals surface area contributed by atoms with Gasteiger partial charge in [0.25, 0.3) is 0 Å². The Balaban J connectivity index is 2.25. The monoisotopic (exact) mass is 312 g/mol. The number of rotatable bonds is 8. The number of nitrogens with one attached hydrogen (secondary N) is 1. The minimum Gasteiger partial charge on any atom is -0.394 e. The van der Waals surface area contributed by atoms with Gasteiger partial charge in [-0.3, -0.25) is 9.59 Å². The van der Waals surface area contributed by atoms with Crippen LogP contribution in [0.2, 0.25) is 0 Å². The number of likely N-dealkylation sites (tertiary alicyclic amines) is 1. The highest BCUT2D eigenvalue weighted by molar-refractivity contribution is 5.89. The Bertz CT molecular complexity index is 363. The summed E-state index contributed by atoms with van der Waals surface area (Å²) in [6, 6.07) is 0. The summed E-state index contributed by atoms with van der Waals surface area (Å²) in [6.45, 7) is -0.697. The highest BCUT2D eigenvalue weighted by Gasteiger charge is 2.40. The Hall–Kier alpha value is -1.35. The van der Waals surface area contributed by atoms with E-state index in [1.807, 2.05) is 0 Å². The summed E-state index contributed by atoms with van der Waals surface area (Å²) in [5.74, 6) is -1.81. The van der Waals surface area contributed by atoms with E-state index in [0.29, 0.717) is 24.5 Å². The van der Waals surface area contributed by atoms with E-state index < -0.39 is 30.5 Å². The van der Waals surface area contributed by atoms with Crippen LogP contribution in [-0.4, -0.2) is 67.5 Å². The summed E-state index contributed by atoms with van der Waals surface area (Å²) in [7, 11) is 0. The second-order valence-corrected chi connectivity index (χ2v) is 4.77. The van der Waals surface area contributed by atoms with Gasteiger partial charge < -0.3 is 20.1 Å². The summed E-state index contributed by atoms with van der Waals surface area (Å²) < 4.78 is 41.7. The molecule has 21 heavy (non-hydrogen) atoms. The number of carbonyl (C=O) groups excluding carboxylic acids is 2. The molecule has 0 aromatic carbocycles. The molecule has 0 aromatic rings. The van der Waals surface area contributed by atoms with Gasteiger partial charge in [-0.05, 0) is 6.42 Å². The average Bonchev–Trinajstić information content (AvgIpc) is 2.73. The van der Waals surface area contributed by atoms with Gasteiger partial charge >= 0.3 is 6.18 Å². The molecule has 2 N–H and O–H groups in total. The van der Waals surface area contributed by atoms with Gasteiger partial charge in [0.05, 0.1) is 19.1 Å². The molecule has 1 atom stereocenters. The Morgan fingerprint density at radius 3 is 2.76 bits per heavy atom. The van der Waals surface area contributed by atoms with Gasteiger partial charge in [-0.1, -0.05) is 0 Å². The minimum absolute atomic E-state index is 0.0778. The zero-order valence-corrected chi connectivity index (χ0v) is 11.5. The van der Waals surface area contributed by atoms with Crippen molar-refractivity contribution in [1.29, 1.82) is 0 Å². The number of amides is 2. The fraction of sp³-hybridized carbons (Fsp3) is 0.833. The molecule has 9 heteroatoms. The first kappa shape index (κ1) is 17.7. The van der Waals surface area contributed by atoms with Crippen LogP contribution in [0.15, 0.2) is 0 Å². The number of hydrogen-bond donors (Lipinski definition) is 2. The van der Waals surface area contributed by atoms with E-state index in [-0.39, 0.29) is 26.2 Å². The SMILES string of the molecule is O=C(NCCCOCCO)C1CC(=O)N(CC(F)(F)F)C1. The maximum Gasteiger partial charge on any atom is 0.406 e. The van der Waals surface area contributed by atoms with Crippen molar-refractivity contribution >= 4 is 11.8 Å². The fourth-order valence-electron chi connectivity index (χ4n) is 2.01. The molecule has 0 radical (unpaired) electrons. The highest BCUT2D eigenvalue weighted by Crippen LogP contribution is 2.23. The van der Waals surface area contributed by atoms with E-state index in [1.165, 1.54) is 0 Å². The molecule has 6 nitrogen and oxygen atoms in total. The number of hydrogen-bond acceptors (Lipinski definition) is 4. The van der Waals surface area contributed by atoms with Gasteiger partial charge in [-0.25, -0.2) is 0 Å². The lowest BCUT2D eigenvalue weighted by Crippen LogP contribution is -2.37. The van der Waals surface area contributed by atoms with E-state index in [9.17, 15) is 22.8 Å². The Morgan fingerprint density at radius 1 is 1.43 bits per heavy atom. The third kappa shape index (κ3) is 6.76.